The maximum Gasteiger partial charge on any atom is 0.337 e. The quantitative estimate of drug-likeness (QED) is 0.832. The Morgan fingerprint density at radius 2 is 2.05 bits per heavy atom. The van der Waals surface area contributed by atoms with Gasteiger partial charge in [-0.05, 0) is 32.1 Å². The SMILES string of the molecule is CC(C)C(CN(C)C)Nc1c(F)cccc1C(=O)O. The molecule has 0 amide bonds. The molecule has 106 valence electrons. The van der Waals surface area contributed by atoms with Gasteiger partial charge in [-0.3, -0.25) is 0 Å². The van der Waals surface area contributed by atoms with Gasteiger partial charge < -0.3 is 15.3 Å². The average molecular weight is 268 g/mol. The number of likely N-dealkylation sites (N-methyl/N-ethyl adjacent to an activating group) is 1. The molecule has 0 spiro atoms. The Morgan fingerprint density at radius 1 is 1.42 bits per heavy atom. The summed E-state index contributed by atoms with van der Waals surface area (Å²) in [7, 11) is 3.85. The topological polar surface area (TPSA) is 52.6 Å². The predicted molar refractivity (Wildman–Crippen MR) is 74.2 cm³/mol. The molecule has 0 aliphatic rings. The van der Waals surface area contributed by atoms with Crippen LogP contribution in [0.4, 0.5) is 10.1 Å². The first-order valence-corrected chi connectivity index (χ1v) is 6.26. The van der Waals surface area contributed by atoms with Crippen LogP contribution in [0.2, 0.25) is 0 Å². The number of halogens is 1. The van der Waals surface area contributed by atoms with Crippen LogP contribution in [0.1, 0.15) is 24.2 Å². The first kappa shape index (κ1) is 15.4. The highest BCUT2D eigenvalue weighted by Crippen LogP contribution is 2.22. The monoisotopic (exact) mass is 268 g/mol. The molecule has 1 rings (SSSR count). The lowest BCUT2D eigenvalue weighted by Gasteiger charge is -2.27. The van der Waals surface area contributed by atoms with Crippen molar-refractivity contribution in [2.45, 2.75) is 19.9 Å². The number of hydrogen-bond donors (Lipinski definition) is 2. The minimum Gasteiger partial charge on any atom is -0.478 e. The van der Waals surface area contributed by atoms with Crippen molar-refractivity contribution in [1.82, 2.24) is 4.90 Å². The highest BCUT2D eigenvalue weighted by atomic mass is 19.1. The molecule has 0 fully saturated rings. The number of nitrogens with one attached hydrogen (secondary N) is 1. The molecule has 0 saturated heterocycles. The van der Waals surface area contributed by atoms with Crippen LogP contribution in [-0.2, 0) is 0 Å². The minimum absolute atomic E-state index is 0.0231. The van der Waals surface area contributed by atoms with Crippen molar-refractivity contribution < 1.29 is 14.3 Å². The van der Waals surface area contributed by atoms with Gasteiger partial charge in [-0.2, -0.15) is 0 Å². The number of hydrogen-bond acceptors (Lipinski definition) is 3. The highest BCUT2D eigenvalue weighted by molar-refractivity contribution is 5.94. The number of nitrogens with zero attached hydrogens (tertiary/aromatic N) is 1. The van der Waals surface area contributed by atoms with Crippen molar-refractivity contribution >= 4 is 11.7 Å². The number of carboxylic acid groups (broad SMARTS) is 1. The number of anilines is 1. The molecule has 1 aromatic rings. The van der Waals surface area contributed by atoms with Gasteiger partial charge in [0, 0.05) is 12.6 Å². The average Bonchev–Trinajstić information content (AvgIpc) is 2.29. The molecule has 0 aromatic heterocycles. The molecule has 1 unspecified atom stereocenters. The summed E-state index contributed by atoms with van der Waals surface area (Å²) in [6.07, 6.45) is 0. The fourth-order valence-electron chi connectivity index (χ4n) is 1.85. The van der Waals surface area contributed by atoms with Gasteiger partial charge in [-0.1, -0.05) is 19.9 Å². The molecule has 0 radical (unpaired) electrons. The summed E-state index contributed by atoms with van der Waals surface area (Å²) in [5, 5.41) is 12.1. The Morgan fingerprint density at radius 3 is 2.53 bits per heavy atom. The molecule has 4 nitrogen and oxygen atoms in total. The van der Waals surface area contributed by atoms with Crippen LogP contribution in [0.5, 0.6) is 0 Å². The maximum atomic E-state index is 13.8. The van der Waals surface area contributed by atoms with Gasteiger partial charge >= 0.3 is 5.97 Å². The third kappa shape index (κ3) is 4.21. The van der Waals surface area contributed by atoms with E-state index in [-0.39, 0.29) is 23.2 Å². The molecular formula is C14H21FN2O2. The van der Waals surface area contributed by atoms with Crippen molar-refractivity contribution in [3.63, 3.8) is 0 Å². The van der Waals surface area contributed by atoms with Gasteiger partial charge in [0.25, 0.3) is 0 Å². The van der Waals surface area contributed by atoms with E-state index in [1.807, 2.05) is 32.8 Å². The molecule has 0 aliphatic carbocycles. The van der Waals surface area contributed by atoms with Crippen LogP contribution in [0.15, 0.2) is 18.2 Å². The zero-order valence-electron chi connectivity index (χ0n) is 11.8. The molecular weight excluding hydrogens is 247 g/mol. The van der Waals surface area contributed by atoms with Gasteiger partial charge in [0.1, 0.15) is 5.82 Å². The van der Waals surface area contributed by atoms with E-state index in [0.717, 1.165) is 0 Å². The molecule has 1 atom stereocenters. The first-order chi connectivity index (χ1) is 8.82. The zero-order chi connectivity index (χ0) is 14.6. The molecule has 0 saturated carbocycles. The van der Waals surface area contributed by atoms with E-state index in [2.05, 4.69) is 5.32 Å². The normalized spacial score (nSPS) is 12.8. The van der Waals surface area contributed by atoms with Crippen LogP contribution in [0.3, 0.4) is 0 Å². The Hall–Kier alpha value is -1.62. The summed E-state index contributed by atoms with van der Waals surface area (Å²) in [5.74, 6) is -1.41. The summed E-state index contributed by atoms with van der Waals surface area (Å²) >= 11 is 0. The van der Waals surface area contributed by atoms with E-state index in [0.29, 0.717) is 6.54 Å². The van der Waals surface area contributed by atoms with Gasteiger partial charge in [0.2, 0.25) is 0 Å². The van der Waals surface area contributed by atoms with E-state index < -0.39 is 11.8 Å². The van der Waals surface area contributed by atoms with Crippen molar-refractivity contribution in [1.29, 1.82) is 0 Å². The molecule has 1 aromatic carbocycles. The second-order valence-corrected chi connectivity index (χ2v) is 5.22. The number of carbonyl (C=O) groups is 1. The predicted octanol–water partition coefficient (Wildman–Crippen LogP) is 2.52. The van der Waals surface area contributed by atoms with Crippen molar-refractivity contribution in [2.75, 3.05) is 26.0 Å². The second kappa shape index (κ2) is 6.52. The number of aromatic carboxylic acids is 1. The van der Waals surface area contributed by atoms with Gasteiger partial charge in [0.15, 0.2) is 0 Å². The Balaban J connectivity index is 3.05. The van der Waals surface area contributed by atoms with E-state index in [9.17, 15) is 9.18 Å². The van der Waals surface area contributed by atoms with Crippen molar-refractivity contribution in [3.8, 4) is 0 Å². The summed E-state index contributed by atoms with van der Waals surface area (Å²) in [4.78, 5) is 13.1. The van der Waals surface area contributed by atoms with Crippen molar-refractivity contribution in [3.05, 3.63) is 29.6 Å². The molecule has 0 aliphatic heterocycles. The molecule has 0 heterocycles. The van der Waals surface area contributed by atoms with Gasteiger partial charge in [0.05, 0.1) is 11.3 Å². The molecule has 19 heavy (non-hydrogen) atoms. The summed E-state index contributed by atoms with van der Waals surface area (Å²) in [5.41, 5.74) is 0.0277. The number of carboxylic acids is 1. The van der Waals surface area contributed by atoms with Gasteiger partial charge in [-0.25, -0.2) is 9.18 Å². The van der Waals surface area contributed by atoms with E-state index in [1.54, 1.807) is 0 Å². The minimum atomic E-state index is -1.13. The standard InChI is InChI=1S/C14H21FN2O2/c1-9(2)12(8-17(3)4)16-13-10(14(18)19)6-5-7-11(13)15/h5-7,9,12,16H,8H2,1-4H3,(H,18,19). The largest absolute Gasteiger partial charge is 0.478 e. The maximum absolute atomic E-state index is 13.8. The van der Waals surface area contributed by atoms with Gasteiger partial charge in [-0.15, -0.1) is 0 Å². The molecule has 0 bridgehead atoms. The Bertz CT molecular complexity index is 447. The fraction of sp³-hybridized carbons (Fsp3) is 0.500. The van der Waals surface area contributed by atoms with Crippen LogP contribution in [0.25, 0.3) is 0 Å². The lowest BCUT2D eigenvalue weighted by molar-refractivity contribution is 0.0697. The smallest absolute Gasteiger partial charge is 0.337 e. The van der Waals surface area contributed by atoms with Crippen LogP contribution in [0, 0.1) is 11.7 Å². The Labute approximate surface area is 113 Å². The highest BCUT2D eigenvalue weighted by Gasteiger charge is 2.20. The summed E-state index contributed by atoms with van der Waals surface area (Å²) in [6, 6.07) is 4.05. The van der Waals surface area contributed by atoms with Crippen LogP contribution >= 0.6 is 0 Å². The lowest BCUT2D eigenvalue weighted by atomic mass is 10.0. The molecule has 2 N–H and O–H groups in total. The van der Waals surface area contributed by atoms with E-state index >= 15 is 0 Å². The summed E-state index contributed by atoms with van der Waals surface area (Å²) in [6.45, 7) is 4.73. The number of rotatable bonds is 6. The Kier molecular flexibility index (Phi) is 5.30. The number of benzene rings is 1. The molecule has 5 heteroatoms. The fourth-order valence-corrected chi connectivity index (χ4v) is 1.85. The zero-order valence-corrected chi connectivity index (χ0v) is 11.8. The third-order valence-electron chi connectivity index (χ3n) is 2.94. The summed E-state index contributed by atoms with van der Waals surface area (Å²) < 4.78 is 13.8. The van der Waals surface area contributed by atoms with Crippen molar-refractivity contribution in [2.24, 2.45) is 5.92 Å². The van der Waals surface area contributed by atoms with E-state index in [4.69, 9.17) is 5.11 Å². The van der Waals surface area contributed by atoms with E-state index in [1.165, 1.54) is 18.2 Å². The van der Waals surface area contributed by atoms with Crippen LogP contribution < -0.4 is 5.32 Å². The second-order valence-electron chi connectivity index (χ2n) is 5.22. The third-order valence-corrected chi connectivity index (χ3v) is 2.94. The lowest BCUT2D eigenvalue weighted by Crippen LogP contribution is -2.37. The first-order valence-electron chi connectivity index (χ1n) is 6.26. The van der Waals surface area contributed by atoms with Crippen LogP contribution in [-0.4, -0.2) is 42.7 Å². The number of para-hydroxylation sites is 1.